The van der Waals surface area contributed by atoms with Crippen molar-refractivity contribution >= 4 is 5.91 Å². The molecule has 16 heavy (non-hydrogen) atoms. The zero-order valence-electron chi connectivity index (χ0n) is 10.6. The molecule has 0 spiro atoms. The molecule has 5 heteroatoms. The van der Waals surface area contributed by atoms with Gasteiger partial charge >= 0.3 is 0 Å². The van der Waals surface area contributed by atoms with Crippen molar-refractivity contribution in [3.8, 4) is 0 Å². The van der Waals surface area contributed by atoms with E-state index >= 15 is 0 Å². The highest BCUT2D eigenvalue weighted by Crippen LogP contribution is 2.21. The van der Waals surface area contributed by atoms with Crippen LogP contribution in [0.3, 0.4) is 0 Å². The van der Waals surface area contributed by atoms with Crippen LogP contribution in [0, 0.1) is 0 Å². The summed E-state index contributed by atoms with van der Waals surface area (Å²) in [5.74, 6) is -0.0293. The van der Waals surface area contributed by atoms with Crippen LogP contribution in [-0.2, 0) is 14.3 Å². The van der Waals surface area contributed by atoms with Gasteiger partial charge in [-0.05, 0) is 20.9 Å². The second kappa shape index (κ2) is 5.12. The van der Waals surface area contributed by atoms with E-state index in [1.807, 2.05) is 13.8 Å². The maximum Gasteiger partial charge on any atom is 0.239 e. The van der Waals surface area contributed by atoms with Crippen LogP contribution < -0.4 is 10.6 Å². The fourth-order valence-corrected chi connectivity index (χ4v) is 1.54. The van der Waals surface area contributed by atoms with Gasteiger partial charge in [-0.25, -0.2) is 0 Å². The van der Waals surface area contributed by atoms with Gasteiger partial charge in [-0.3, -0.25) is 4.79 Å². The van der Waals surface area contributed by atoms with E-state index in [0.717, 1.165) is 6.42 Å². The SMILES string of the molecule is CNC(C)(C)C(=O)NCC1(OC)CCOC1. The molecule has 0 aliphatic carbocycles. The third-order valence-corrected chi connectivity index (χ3v) is 3.26. The van der Waals surface area contributed by atoms with Crippen molar-refractivity contribution in [2.75, 3.05) is 33.9 Å². The van der Waals surface area contributed by atoms with Gasteiger partial charge in [0.15, 0.2) is 0 Å². The monoisotopic (exact) mass is 230 g/mol. The topological polar surface area (TPSA) is 59.6 Å². The normalized spacial score (nSPS) is 25.8. The first-order valence-corrected chi connectivity index (χ1v) is 5.56. The number of methoxy groups -OCH3 is 1. The second-order valence-electron chi connectivity index (χ2n) is 4.75. The molecule has 2 N–H and O–H groups in total. The maximum absolute atomic E-state index is 11.8. The van der Waals surface area contributed by atoms with E-state index in [2.05, 4.69) is 10.6 Å². The summed E-state index contributed by atoms with van der Waals surface area (Å²) in [5.41, 5.74) is -0.909. The van der Waals surface area contributed by atoms with Gasteiger partial charge in [-0.2, -0.15) is 0 Å². The molecule has 1 aliphatic heterocycles. The van der Waals surface area contributed by atoms with Gasteiger partial charge in [0, 0.05) is 26.7 Å². The molecule has 0 bridgehead atoms. The molecular formula is C11H22N2O3. The van der Waals surface area contributed by atoms with E-state index in [0.29, 0.717) is 19.8 Å². The lowest BCUT2D eigenvalue weighted by molar-refractivity contribution is -0.127. The van der Waals surface area contributed by atoms with Gasteiger partial charge in [0.05, 0.1) is 12.1 Å². The van der Waals surface area contributed by atoms with E-state index < -0.39 is 5.54 Å². The van der Waals surface area contributed by atoms with Crippen molar-refractivity contribution in [3.05, 3.63) is 0 Å². The number of hydrogen-bond donors (Lipinski definition) is 2. The molecule has 1 rings (SSSR count). The molecule has 1 fully saturated rings. The Morgan fingerprint density at radius 3 is 2.69 bits per heavy atom. The summed E-state index contributed by atoms with van der Waals surface area (Å²) in [5, 5.41) is 5.86. The van der Waals surface area contributed by atoms with Crippen molar-refractivity contribution in [2.24, 2.45) is 0 Å². The van der Waals surface area contributed by atoms with Gasteiger partial charge in [0.25, 0.3) is 0 Å². The van der Waals surface area contributed by atoms with Gasteiger partial charge in [0.2, 0.25) is 5.91 Å². The van der Waals surface area contributed by atoms with E-state index in [1.54, 1.807) is 14.2 Å². The summed E-state index contributed by atoms with van der Waals surface area (Å²) in [6, 6.07) is 0. The minimum Gasteiger partial charge on any atom is -0.378 e. The predicted octanol–water partition coefficient (Wildman–Crippen LogP) is -0.0939. The molecule has 1 aliphatic rings. The lowest BCUT2D eigenvalue weighted by Crippen LogP contribution is -2.55. The number of likely N-dealkylation sites (N-methyl/N-ethyl adjacent to an activating group) is 1. The maximum atomic E-state index is 11.8. The zero-order valence-corrected chi connectivity index (χ0v) is 10.6. The number of ether oxygens (including phenoxy) is 2. The Labute approximate surface area is 96.9 Å². The molecule has 1 saturated heterocycles. The molecule has 1 heterocycles. The molecule has 5 nitrogen and oxygen atoms in total. The summed E-state index contributed by atoms with van der Waals surface area (Å²) >= 11 is 0. The summed E-state index contributed by atoms with van der Waals surface area (Å²) in [6.45, 7) is 5.41. The van der Waals surface area contributed by atoms with Crippen LogP contribution in [0.4, 0.5) is 0 Å². The lowest BCUT2D eigenvalue weighted by atomic mass is 10.0. The molecule has 0 aromatic heterocycles. The summed E-state index contributed by atoms with van der Waals surface area (Å²) in [7, 11) is 3.42. The van der Waals surface area contributed by atoms with Crippen molar-refractivity contribution in [3.63, 3.8) is 0 Å². The molecular weight excluding hydrogens is 208 g/mol. The second-order valence-corrected chi connectivity index (χ2v) is 4.75. The molecule has 0 radical (unpaired) electrons. The highest BCUT2D eigenvalue weighted by Gasteiger charge is 2.36. The van der Waals surface area contributed by atoms with Crippen LogP contribution in [0.25, 0.3) is 0 Å². The Morgan fingerprint density at radius 2 is 2.25 bits per heavy atom. The van der Waals surface area contributed by atoms with Crippen molar-refractivity contribution in [1.82, 2.24) is 10.6 Å². The Kier molecular flexibility index (Phi) is 4.29. The largest absolute Gasteiger partial charge is 0.378 e. The number of hydrogen-bond acceptors (Lipinski definition) is 4. The highest BCUT2D eigenvalue weighted by molar-refractivity contribution is 5.85. The molecule has 0 aromatic carbocycles. The summed E-state index contributed by atoms with van der Waals surface area (Å²) in [4.78, 5) is 11.8. The Balaban J connectivity index is 2.47. The van der Waals surface area contributed by atoms with Gasteiger partial charge in [0.1, 0.15) is 5.60 Å². The first kappa shape index (κ1) is 13.4. The number of rotatable bonds is 5. The van der Waals surface area contributed by atoms with Gasteiger partial charge < -0.3 is 20.1 Å². The molecule has 1 atom stereocenters. The van der Waals surface area contributed by atoms with Crippen molar-refractivity contribution in [2.45, 2.75) is 31.4 Å². The van der Waals surface area contributed by atoms with Gasteiger partial charge in [-0.1, -0.05) is 0 Å². The summed E-state index contributed by atoms with van der Waals surface area (Å²) < 4.78 is 10.7. The van der Waals surface area contributed by atoms with E-state index in [-0.39, 0.29) is 11.5 Å². The molecule has 0 aromatic rings. The predicted molar refractivity (Wildman–Crippen MR) is 61.3 cm³/mol. The van der Waals surface area contributed by atoms with Crippen molar-refractivity contribution < 1.29 is 14.3 Å². The smallest absolute Gasteiger partial charge is 0.239 e. The minimum absolute atomic E-state index is 0.0293. The zero-order chi connectivity index (χ0) is 12.2. The average molecular weight is 230 g/mol. The number of amides is 1. The number of carbonyl (C=O) groups excluding carboxylic acids is 1. The van der Waals surface area contributed by atoms with Crippen LogP contribution in [-0.4, -0.2) is 51.0 Å². The van der Waals surface area contributed by atoms with Gasteiger partial charge in [-0.15, -0.1) is 0 Å². The standard InChI is InChI=1S/C11H22N2O3/c1-10(2,12-3)9(14)13-7-11(15-4)5-6-16-8-11/h12H,5-8H2,1-4H3,(H,13,14). The first-order valence-electron chi connectivity index (χ1n) is 5.56. The Morgan fingerprint density at radius 1 is 1.56 bits per heavy atom. The number of nitrogens with one attached hydrogen (secondary N) is 2. The fourth-order valence-electron chi connectivity index (χ4n) is 1.54. The third kappa shape index (κ3) is 2.93. The van der Waals surface area contributed by atoms with Crippen molar-refractivity contribution in [1.29, 1.82) is 0 Å². The molecule has 1 amide bonds. The molecule has 1 unspecified atom stereocenters. The van der Waals surface area contributed by atoms with E-state index in [1.165, 1.54) is 0 Å². The van der Waals surface area contributed by atoms with Crippen LogP contribution >= 0.6 is 0 Å². The lowest BCUT2D eigenvalue weighted by Gasteiger charge is -2.29. The first-order chi connectivity index (χ1) is 7.46. The third-order valence-electron chi connectivity index (χ3n) is 3.26. The Bertz CT molecular complexity index is 248. The Hall–Kier alpha value is -0.650. The quantitative estimate of drug-likeness (QED) is 0.693. The minimum atomic E-state index is -0.561. The van der Waals surface area contributed by atoms with Crippen LogP contribution in [0.2, 0.25) is 0 Å². The van der Waals surface area contributed by atoms with Crippen LogP contribution in [0.5, 0.6) is 0 Å². The average Bonchev–Trinajstić information content (AvgIpc) is 2.75. The van der Waals surface area contributed by atoms with E-state index in [4.69, 9.17) is 9.47 Å². The molecule has 0 saturated carbocycles. The van der Waals surface area contributed by atoms with Crippen LogP contribution in [0.15, 0.2) is 0 Å². The molecule has 94 valence electrons. The van der Waals surface area contributed by atoms with Crippen LogP contribution in [0.1, 0.15) is 20.3 Å². The highest BCUT2D eigenvalue weighted by atomic mass is 16.5. The summed E-state index contributed by atoms with van der Waals surface area (Å²) in [6.07, 6.45) is 0.823. The fraction of sp³-hybridized carbons (Fsp3) is 0.909. The van der Waals surface area contributed by atoms with E-state index in [9.17, 15) is 4.79 Å². The number of carbonyl (C=O) groups is 1.